The number of ketones is 1. The van der Waals surface area contributed by atoms with E-state index in [2.05, 4.69) is 45.3 Å². The normalized spacial score (nSPS) is 13.1. The maximum Gasteiger partial charge on any atom is 0.194 e. The van der Waals surface area contributed by atoms with Gasteiger partial charge in [0.2, 0.25) is 0 Å². The van der Waals surface area contributed by atoms with Crippen molar-refractivity contribution in [2.24, 2.45) is 0 Å². The fraction of sp³-hybridized carbons (Fsp3) is 0.0333. The van der Waals surface area contributed by atoms with Crippen molar-refractivity contribution in [2.75, 3.05) is 0 Å². The van der Waals surface area contributed by atoms with Gasteiger partial charge in [-0.25, -0.2) is 0 Å². The Balaban J connectivity index is 0.000000114. The zero-order chi connectivity index (χ0) is 44.9. The number of carbonyl (C=O) groups excluding carboxylic acids is 1. The van der Waals surface area contributed by atoms with Gasteiger partial charge in [-0.1, -0.05) is 170 Å². The van der Waals surface area contributed by atoms with Crippen LogP contribution in [0.15, 0.2) is 243 Å². The van der Waals surface area contributed by atoms with Crippen LogP contribution in [-0.4, -0.2) is 30.9 Å². The molecular weight excluding hydrogens is 1000 g/mol. The number of aliphatic hydroxyl groups is 2. The summed E-state index contributed by atoms with van der Waals surface area (Å²) in [6, 6.07) is 75.5. The largest absolute Gasteiger partial charge is 0.374 e. The van der Waals surface area contributed by atoms with Crippen molar-refractivity contribution in [1.82, 2.24) is 15.0 Å². The molecule has 10 aromatic rings. The molecule has 7 heteroatoms. The Kier molecular flexibility index (Phi) is 12.8. The van der Waals surface area contributed by atoms with E-state index in [0.717, 1.165) is 78.0 Å². The minimum atomic E-state index is -1.16. The third-order valence-corrected chi connectivity index (χ3v) is 12.2. The van der Waals surface area contributed by atoms with Gasteiger partial charge in [0, 0.05) is 72.1 Å². The van der Waals surface area contributed by atoms with Gasteiger partial charge < -0.3 is 15.2 Å². The Labute approximate surface area is 403 Å². The minimum Gasteiger partial charge on any atom is -0.374 e. The Bertz CT molecular complexity index is 3000. The van der Waals surface area contributed by atoms with Gasteiger partial charge in [0.05, 0.1) is 11.4 Å². The van der Waals surface area contributed by atoms with E-state index in [0.29, 0.717) is 11.4 Å². The van der Waals surface area contributed by atoms with Gasteiger partial charge in [0.25, 0.3) is 0 Å². The van der Waals surface area contributed by atoms with Crippen molar-refractivity contribution in [3.63, 3.8) is 0 Å². The Morgan fingerprint density at radius 1 is 0.343 bits per heavy atom. The molecule has 7 aromatic carbocycles. The van der Waals surface area contributed by atoms with Crippen molar-refractivity contribution in [3.05, 3.63) is 294 Å². The average molecular weight is 1050 g/mol. The number of carbonyl (C=O) groups is 1. The fourth-order valence-electron chi connectivity index (χ4n) is 9.18. The van der Waals surface area contributed by atoms with Crippen molar-refractivity contribution in [2.45, 2.75) is 11.2 Å². The molecule has 6 nitrogen and oxygen atoms in total. The first-order chi connectivity index (χ1) is 32.5. The minimum absolute atomic E-state index is 0. The Morgan fingerprint density at radius 3 is 1.01 bits per heavy atom. The van der Waals surface area contributed by atoms with Crippen LogP contribution in [0.2, 0.25) is 0 Å². The molecule has 0 spiro atoms. The fourth-order valence-corrected chi connectivity index (χ4v) is 9.18. The van der Waals surface area contributed by atoms with Crippen LogP contribution < -0.4 is 0 Å². The molecule has 13 rings (SSSR count). The summed E-state index contributed by atoms with van der Waals surface area (Å²) < 4.78 is 0. The predicted octanol–water partition coefficient (Wildman–Crippen LogP) is 12.1. The first kappa shape index (κ1) is 44.4. The molecule has 0 fully saturated rings. The summed E-state index contributed by atoms with van der Waals surface area (Å²) in [6.07, 6.45) is 5.23. The molecule has 3 aliphatic rings. The molecule has 3 aromatic heterocycles. The number of aromatic nitrogens is 3. The molecule has 0 bridgehead atoms. The van der Waals surface area contributed by atoms with Crippen molar-refractivity contribution in [1.29, 1.82) is 0 Å². The van der Waals surface area contributed by atoms with Crippen LogP contribution in [0.5, 0.6) is 0 Å². The van der Waals surface area contributed by atoms with Crippen LogP contribution in [0.25, 0.3) is 44.6 Å². The third kappa shape index (κ3) is 8.16. The van der Waals surface area contributed by atoms with Crippen LogP contribution in [-0.2, 0) is 31.3 Å². The second-order valence-electron chi connectivity index (χ2n) is 15.9. The second-order valence-corrected chi connectivity index (χ2v) is 15.9. The second kappa shape index (κ2) is 19.4. The van der Waals surface area contributed by atoms with E-state index in [1.807, 2.05) is 200 Å². The average Bonchev–Trinajstić information content (AvgIpc) is 3.96. The molecule has 67 heavy (non-hydrogen) atoms. The van der Waals surface area contributed by atoms with E-state index in [1.54, 1.807) is 18.6 Å². The number of nitrogens with zero attached hydrogens (tertiary/aromatic N) is 3. The molecule has 0 saturated heterocycles. The molecular formula is C60H42IrN3O3-. The molecule has 0 saturated carbocycles. The summed E-state index contributed by atoms with van der Waals surface area (Å²) in [5, 5.41) is 22.8. The SMILES string of the molecule is O=C1c2ccccc2-c2ccccc21.OC1(c2ccccn2)c2ccccc2-c2ccccc21.OC1(c2ccccn2)c2ccccc2-c2ccccc21.[Ir].[c-]1ccccc1-c1ccccn1. The quantitative estimate of drug-likeness (QED) is 0.171. The van der Waals surface area contributed by atoms with Gasteiger partial charge in [-0.15, -0.1) is 35.9 Å². The van der Waals surface area contributed by atoms with Crippen LogP contribution in [0.1, 0.15) is 49.6 Å². The summed E-state index contributed by atoms with van der Waals surface area (Å²) in [5.41, 5.74) is 12.7. The summed E-state index contributed by atoms with van der Waals surface area (Å²) in [7, 11) is 0. The summed E-state index contributed by atoms with van der Waals surface area (Å²) in [6.45, 7) is 0. The van der Waals surface area contributed by atoms with Gasteiger partial charge in [-0.3, -0.25) is 14.8 Å². The number of hydrogen-bond donors (Lipinski definition) is 2. The smallest absolute Gasteiger partial charge is 0.194 e. The van der Waals surface area contributed by atoms with E-state index in [4.69, 9.17) is 0 Å². The van der Waals surface area contributed by atoms with E-state index in [9.17, 15) is 15.0 Å². The molecule has 0 unspecified atom stereocenters. The topological polar surface area (TPSA) is 96.2 Å². The molecule has 0 amide bonds. The van der Waals surface area contributed by atoms with Crippen LogP contribution in [0.3, 0.4) is 0 Å². The molecule has 0 aliphatic heterocycles. The van der Waals surface area contributed by atoms with Crippen molar-refractivity contribution < 1.29 is 35.1 Å². The van der Waals surface area contributed by atoms with Crippen molar-refractivity contribution >= 4 is 5.78 Å². The molecule has 2 N–H and O–H groups in total. The number of pyridine rings is 3. The predicted molar refractivity (Wildman–Crippen MR) is 260 cm³/mol. The molecule has 325 valence electrons. The van der Waals surface area contributed by atoms with Crippen molar-refractivity contribution in [3.8, 4) is 44.6 Å². The summed E-state index contributed by atoms with van der Waals surface area (Å²) in [4.78, 5) is 24.9. The van der Waals surface area contributed by atoms with E-state index < -0.39 is 11.2 Å². The van der Waals surface area contributed by atoms with Crippen LogP contribution >= 0.6 is 0 Å². The van der Waals surface area contributed by atoms with Crippen LogP contribution in [0.4, 0.5) is 0 Å². The first-order valence-corrected chi connectivity index (χ1v) is 21.8. The Morgan fingerprint density at radius 2 is 0.672 bits per heavy atom. The Hall–Kier alpha value is -7.77. The molecule has 3 heterocycles. The van der Waals surface area contributed by atoms with Gasteiger partial charge in [0.15, 0.2) is 17.0 Å². The molecule has 0 atom stereocenters. The zero-order valence-electron chi connectivity index (χ0n) is 36.1. The molecule has 3 aliphatic carbocycles. The van der Waals surface area contributed by atoms with E-state index >= 15 is 0 Å². The van der Waals surface area contributed by atoms with E-state index in [1.165, 1.54) is 0 Å². The van der Waals surface area contributed by atoms with Gasteiger partial charge in [-0.05, 0) is 69.4 Å². The van der Waals surface area contributed by atoms with Crippen LogP contribution in [0, 0.1) is 6.07 Å². The zero-order valence-corrected chi connectivity index (χ0v) is 38.5. The molecule has 1 radical (unpaired) electrons. The van der Waals surface area contributed by atoms with Gasteiger partial charge in [-0.2, -0.15) is 0 Å². The number of fused-ring (bicyclic) bond motifs is 9. The third-order valence-electron chi connectivity index (χ3n) is 12.2. The van der Waals surface area contributed by atoms with E-state index in [-0.39, 0.29) is 25.9 Å². The summed E-state index contributed by atoms with van der Waals surface area (Å²) in [5.74, 6) is 0.149. The maximum atomic E-state index is 11.9. The number of benzene rings is 7. The monoisotopic (exact) mass is 1050 g/mol. The number of hydrogen-bond acceptors (Lipinski definition) is 6. The van der Waals surface area contributed by atoms with Gasteiger partial charge in [0.1, 0.15) is 0 Å². The standard InChI is InChI=1S/2C18H13NO.C13H8O.C11H8N.Ir/c2*20-18(17-11-5-6-12-19-17)15-9-3-1-7-13(15)14-8-2-4-10-16(14)18;14-13-11-7-3-1-5-9(11)10-6-2-4-8-12(10)13;1-2-6-10(7-3-1)11-8-4-5-9-12-11;/h2*1-12,20H;1-8H;1-6,8-9H;/q;;;-1;. The summed E-state index contributed by atoms with van der Waals surface area (Å²) >= 11 is 0. The number of rotatable bonds is 3. The maximum absolute atomic E-state index is 11.9. The van der Waals surface area contributed by atoms with Gasteiger partial charge >= 0.3 is 0 Å². The first-order valence-electron chi connectivity index (χ1n) is 21.8.